The first-order valence-electron chi connectivity index (χ1n) is 11.0. The van der Waals surface area contributed by atoms with Crippen molar-refractivity contribution in [1.29, 1.82) is 0 Å². The highest BCUT2D eigenvalue weighted by molar-refractivity contribution is 6.17. The van der Waals surface area contributed by atoms with E-state index in [2.05, 4.69) is 10.6 Å². The van der Waals surface area contributed by atoms with Crippen LogP contribution in [0, 0.1) is 0 Å². The van der Waals surface area contributed by atoms with Crippen molar-refractivity contribution in [3.63, 3.8) is 0 Å². The second-order valence-electron chi connectivity index (χ2n) is 8.98. The fourth-order valence-electron chi connectivity index (χ4n) is 3.75. The molecule has 2 heterocycles. The molecule has 0 aromatic heterocycles. The number of β-amino-alcohol motifs (C(OH)–C–C–N with tert-alkyl or cyclic N) is 1. The third-order valence-corrected chi connectivity index (χ3v) is 5.29. The van der Waals surface area contributed by atoms with Gasteiger partial charge in [0, 0.05) is 30.5 Å². The number of aliphatic hydroxyl groups excluding tert-OH is 1. The third kappa shape index (κ3) is 6.00. The molecule has 0 saturated carbocycles. The highest BCUT2D eigenvalue weighted by Gasteiger charge is 2.31. The molecule has 3 rings (SSSR count). The average Bonchev–Trinajstić information content (AvgIpc) is 3.00. The molecule has 1 fully saturated rings. The van der Waals surface area contributed by atoms with Gasteiger partial charge in [-0.05, 0) is 64.3 Å². The molecule has 1 saturated heterocycles. The summed E-state index contributed by atoms with van der Waals surface area (Å²) in [6.45, 7) is 6.61. The largest absolute Gasteiger partial charge is 0.444 e. The van der Waals surface area contributed by atoms with E-state index in [-0.39, 0.29) is 31.0 Å². The number of hydrogen-bond acceptors (Lipinski definition) is 7. The van der Waals surface area contributed by atoms with Crippen LogP contribution in [0.4, 0.5) is 16.2 Å². The van der Waals surface area contributed by atoms with Crippen LogP contribution >= 0.6 is 0 Å². The summed E-state index contributed by atoms with van der Waals surface area (Å²) in [6.07, 6.45) is 3.92. The fraction of sp³-hybridized carbons (Fsp3) is 0.522. The van der Waals surface area contributed by atoms with Crippen molar-refractivity contribution in [2.45, 2.75) is 51.7 Å². The summed E-state index contributed by atoms with van der Waals surface area (Å²) in [6, 6.07) is 7.41. The van der Waals surface area contributed by atoms with Gasteiger partial charge < -0.3 is 25.4 Å². The van der Waals surface area contributed by atoms with Gasteiger partial charge in [-0.15, -0.1) is 0 Å². The summed E-state index contributed by atoms with van der Waals surface area (Å²) in [5.74, 6) is -0.891. The van der Waals surface area contributed by atoms with Gasteiger partial charge in [-0.1, -0.05) is 0 Å². The first kappa shape index (κ1) is 23.6. The molecule has 2 aliphatic heterocycles. The zero-order chi connectivity index (χ0) is 23.3. The highest BCUT2D eigenvalue weighted by atomic mass is 16.6. The number of likely N-dealkylation sites (tertiary alicyclic amines) is 1. The first-order chi connectivity index (χ1) is 15.2. The summed E-state index contributed by atoms with van der Waals surface area (Å²) >= 11 is 0. The maximum absolute atomic E-state index is 12.6. The van der Waals surface area contributed by atoms with Gasteiger partial charge in [0.2, 0.25) is 0 Å². The molecule has 0 spiro atoms. The molecule has 174 valence electrons. The Morgan fingerprint density at radius 3 is 2.50 bits per heavy atom. The minimum absolute atomic E-state index is 0.0241. The van der Waals surface area contributed by atoms with E-state index >= 15 is 0 Å². The lowest BCUT2D eigenvalue weighted by Gasteiger charge is -2.37. The summed E-state index contributed by atoms with van der Waals surface area (Å²) in [7, 11) is 0. The molecule has 1 aromatic carbocycles. The smallest absolute Gasteiger partial charge is 0.410 e. The van der Waals surface area contributed by atoms with Crippen molar-refractivity contribution in [3.05, 3.63) is 36.0 Å². The Morgan fingerprint density at radius 2 is 1.84 bits per heavy atom. The molecule has 32 heavy (non-hydrogen) atoms. The van der Waals surface area contributed by atoms with Crippen LogP contribution in [-0.2, 0) is 14.3 Å². The molecule has 0 radical (unpaired) electrons. The first-order valence-corrected chi connectivity index (χ1v) is 11.0. The van der Waals surface area contributed by atoms with Gasteiger partial charge in [0.1, 0.15) is 11.3 Å². The second kappa shape index (κ2) is 10.0. The topological polar surface area (TPSA) is 111 Å². The van der Waals surface area contributed by atoms with E-state index in [4.69, 9.17) is 9.84 Å². The van der Waals surface area contributed by atoms with E-state index in [1.807, 2.05) is 49.9 Å². The van der Waals surface area contributed by atoms with Crippen LogP contribution in [0.2, 0.25) is 0 Å². The molecule has 9 nitrogen and oxygen atoms in total. The van der Waals surface area contributed by atoms with Crippen molar-refractivity contribution in [3.8, 4) is 0 Å². The number of aliphatic hydroxyl groups is 1. The molecular formula is C23H32N4O5. The van der Waals surface area contributed by atoms with E-state index < -0.39 is 17.4 Å². The quantitative estimate of drug-likeness (QED) is 0.554. The molecular weight excluding hydrogens is 412 g/mol. The average molecular weight is 445 g/mol. The van der Waals surface area contributed by atoms with Crippen LogP contribution in [0.25, 0.3) is 0 Å². The number of imide groups is 1. The molecule has 0 bridgehead atoms. The third-order valence-electron chi connectivity index (χ3n) is 5.29. The van der Waals surface area contributed by atoms with Gasteiger partial charge in [0.05, 0.1) is 19.2 Å². The SMILES string of the molecule is CC(C)(C)OC(=O)N1CCCCC1CNc1ccc(NC2=CC(=O)N(CCO)C2=O)cc1. The lowest BCUT2D eigenvalue weighted by Crippen LogP contribution is -2.48. The number of rotatable bonds is 7. The van der Waals surface area contributed by atoms with E-state index in [0.717, 1.165) is 29.8 Å². The van der Waals surface area contributed by atoms with Gasteiger partial charge in [0.25, 0.3) is 11.8 Å². The highest BCUT2D eigenvalue weighted by Crippen LogP contribution is 2.22. The lowest BCUT2D eigenvalue weighted by atomic mass is 10.0. The number of amides is 3. The van der Waals surface area contributed by atoms with E-state index in [1.54, 1.807) is 0 Å². The summed E-state index contributed by atoms with van der Waals surface area (Å²) in [4.78, 5) is 39.4. The Bertz CT molecular complexity index is 875. The fourth-order valence-corrected chi connectivity index (χ4v) is 3.75. The Kier molecular flexibility index (Phi) is 7.40. The predicted octanol–water partition coefficient (Wildman–Crippen LogP) is 2.54. The molecule has 1 unspecified atom stereocenters. The lowest BCUT2D eigenvalue weighted by molar-refractivity contribution is -0.137. The van der Waals surface area contributed by atoms with Gasteiger partial charge in [-0.2, -0.15) is 0 Å². The summed E-state index contributed by atoms with van der Waals surface area (Å²) in [5.41, 5.74) is 1.21. The molecule has 9 heteroatoms. The van der Waals surface area contributed by atoms with Crippen LogP contribution in [0.5, 0.6) is 0 Å². The number of ether oxygens (including phenoxy) is 1. The van der Waals surface area contributed by atoms with Crippen molar-refractivity contribution >= 4 is 29.3 Å². The minimum atomic E-state index is -0.523. The summed E-state index contributed by atoms with van der Waals surface area (Å²) in [5, 5.41) is 15.3. The molecule has 1 atom stereocenters. The second-order valence-corrected chi connectivity index (χ2v) is 8.98. The van der Waals surface area contributed by atoms with Crippen molar-refractivity contribution in [2.24, 2.45) is 0 Å². The van der Waals surface area contributed by atoms with Gasteiger partial charge in [-0.25, -0.2) is 4.79 Å². The Balaban J connectivity index is 1.55. The summed E-state index contributed by atoms with van der Waals surface area (Å²) < 4.78 is 5.55. The number of anilines is 2. The van der Waals surface area contributed by atoms with Crippen LogP contribution in [0.15, 0.2) is 36.0 Å². The Labute approximate surface area is 188 Å². The predicted molar refractivity (Wildman–Crippen MR) is 121 cm³/mol. The molecule has 3 amide bonds. The molecule has 3 N–H and O–H groups in total. The van der Waals surface area contributed by atoms with E-state index in [1.165, 1.54) is 6.08 Å². The number of carbonyl (C=O) groups excluding carboxylic acids is 3. The van der Waals surface area contributed by atoms with Crippen molar-refractivity contribution < 1.29 is 24.2 Å². The number of nitrogens with zero attached hydrogens (tertiary/aromatic N) is 2. The number of carbonyl (C=O) groups is 3. The van der Waals surface area contributed by atoms with Crippen molar-refractivity contribution in [2.75, 3.05) is 36.9 Å². The Morgan fingerprint density at radius 1 is 1.16 bits per heavy atom. The van der Waals surface area contributed by atoms with E-state index in [0.29, 0.717) is 18.8 Å². The van der Waals surface area contributed by atoms with Gasteiger partial charge >= 0.3 is 6.09 Å². The zero-order valence-corrected chi connectivity index (χ0v) is 18.9. The van der Waals surface area contributed by atoms with Crippen LogP contribution in [-0.4, -0.2) is 70.7 Å². The maximum atomic E-state index is 12.6. The zero-order valence-electron chi connectivity index (χ0n) is 18.9. The van der Waals surface area contributed by atoms with Gasteiger partial charge in [-0.3, -0.25) is 14.5 Å². The van der Waals surface area contributed by atoms with Crippen LogP contribution in [0.1, 0.15) is 40.0 Å². The monoisotopic (exact) mass is 444 g/mol. The molecule has 2 aliphatic rings. The van der Waals surface area contributed by atoms with Gasteiger partial charge in [0.15, 0.2) is 0 Å². The minimum Gasteiger partial charge on any atom is -0.444 e. The Hall–Kier alpha value is -3.07. The van der Waals surface area contributed by atoms with Crippen LogP contribution in [0.3, 0.4) is 0 Å². The molecule has 1 aromatic rings. The standard InChI is InChI=1S/C23H32N4O5/c1-23(2,3)32-22(31)26-11-5-4-6-18(26)15-24-16-7-9-17(10-8-16)25-19-14-20(29)27(12-13-28)21(19)30/h7-10,14,18,24-25,28H,4-6,11-13,15H2,1-3H3. The van der Waals surface area contributed by atoms with Crippen molar-refractivity contribution in [1.82, 2.24) is 9.80 Å². The molecule has 0 aliphatic carbocycles. The normalized spacial score (nSPS) is 19.1. The number of nitrogens with one attached hydrogen (secondary N) is 2. The van der Waals surface area contributed by atoms with Crippen LogP contribution < -0.4 is 10.6 Å². The number of piperidine rings is 1. The number of benzene rings is 1. The maximum Gasteiger partial charge on any atom is 0.410 e. The number of hydrogen-bond donors (Lipinski definition) is 3. The van der Waals surface area contributed by atoms with E-state index in [9.17, 15) is 14.4 Å².